The lowest BCUT2D eigenvalue weighted by Crippen LogP contribution is -2.12. The quantitative estimate of drug-likeness (QED) is 0.393. The molecule has 0 aliphatic rings. The molecule has 0 radical (unpaired) electrons. The van der Waals surface area contributed by atoms with E-state index in [0.29, 0.717) is 22.4 Å². The number of aromatic nitrogens is 1. The van der Waals surface area contributed by atoms with Crippen molar-refractivity contribution in [3.8, 4) is 0 Å². The fourth-order valence-electron chi connectivity index (χ4n) is 2.21. The Morgan fingerprint density at radius 3 is 2.50 bits per heavy atom. The van der Waals surface area contributed by atoms with Crippen LogP contribution >= 0.6 is 12.4 Å². The number of esters is 1. The monoisotopic (exact) mass is 380 g/mol. The lowest BCUT2D eigenvalue weighted by atomic mass is 10.0. The lowest BCUT2D eigenvalue weighted by Gasteiger charge is -2.10. The summed E-state index contributed by atoms with van der Waals surface area (Å²) in [7, 11) is 0. The topological polar surface area (TPSA) is 109 Å². The van der Waals surface area contributed by atoms with E-state index in [4.69, 9.17) is 4.74 Å². The zero-order chi connectivity index (χ0) is 18.2. The van der Waals surface area contributed by atoms with Gasteiger partial charge < -0.3 is 9.57 Å². The Morgan fingerprint density at radius 2 is 1.81 bits per heavy atom. The maximum atomic E-state index is 12.3. The molecule has 0 saturated carbocycles. The number of pyridine rings is 1. The third kappa shape index (κ3) is 6.14. The van der Waals surface area contributed by atoms with Crippen molar-refractivity contribution in [1.82, 2.24) is 4.98 Å². The van der Waals surface area contributed by atoms with E-state index in [1.165, 1.54) is 13.1 Å². The summed E-state index contributed by atoms with van der Waals surface area (Å²) >= 11 is 0. The molecular weight excluding hydrogens is 364 g/mol. The van der Waals surface area contributed by atoms with Crippen LogP contribution < -0.4 is 0 Å². The highest BCUT2D eigenvalue weighted by Gasteiger charge is 2.15. The summed E-state index contributed by atoms with van der Waals surface area (Å²) in [5.41, 5.74) is 1.69. The van der Waals surface area contributed by atoms with Crippen molar-refractivity contribution in [1.29, 1.82) is 0 Å². The predicted octanol–water partition coefficient (Wildman–Crippen LogP) is 2.70. The molecular formula is C17H17ClN2O6. The van der Waals surface area contributed by atoms with Crippen LogP contribution in [0.15, 0.2) is 42.6 Å². The molecule has 2 aromatic rings. The standard InChI is InChI=1S/C17H16N2O6.ClH/c1-12(20)9-13-5-2-3-7-15(13)17(21)24-11-16-14(6-4-8-18-16)10-25-19(22)23;/h2-8H,9-11H2,1H3;1H. The number of benzene rings is 1. The average Bonchev–Trinajstić information content (AvgIpc) is 2.58. The van der Waals surface area contributed by atoms with Crippen molar-refractivity contribution in [2.45, 2.75) is 26.6 Å². The van der Waals surface area contributed by atoms with E-state index in [-0.39, 0.29) is 37.8 Å². The Hall–Kier alpha value is -3.00. The van der Waals surface area contributed by atoms with Gasteiger partial charge in [-0.3, -0.25) is 9.78 Å². The first-order valence-electron chi connectivity index (χ1n) is 7.42. The highest BCUT2D eigenvalue weighted by Crippen LogP contribution is 2.14. The first-order chi connectivity index (χ1) is 12.0. The van der Waals surface area contributed by atoms with Crippen LogP contribution in [-0.2, 0) is 34.0 Å². The van der Waals surface area contributed by atoms with Gasteiger partial charge in [0.25, 0.3) is 5.09 Å². The number of rotatable bonds is 8. The molecule has 1 aromatic carbocycles. The second kappa shape index (κ2) is 10.1. The largest absolute Gasteiger partial charge is 0.456 e. The number of hydrogen-bond acceptors (Lipinski definition) is 7. The van der Waals surface area contributed by atoms with Gasteiger partial charge in [0.05, 0.1) is 11.3 Å². The molecule has 0 spiro atoms. The molecule has 0 atom stereocenters. The second-order valence-corrected chi connectivity index (χ2v) is 5.22. The van der Waals surface area contributed by atoms with Crippen LogP contribution in [-0.4, -0.2) is 21.8 Å². The Bertz CT molecular complexity index is 796. The van der Waals surface area contributed by atoms with Gasteiger partial charge in [0, 0.05) is 18.2 Å². The molecule has 0 N–H and O–H groups in total. The predicted molar refractivity (Wildman–Crippen MR) is 93.2 cm³/mol. The van der Waals surface area contributed by atoms with Crippen LogP contribution in [0.4, 0.5) is 0 Å². The van der Waals surface area contributed by atoms with Crippen LogP contribution in [0.5, 0.6) is 0 Å². The molecule has 0 saturated heterocycles. The zero-order valence-electron chi connectivity index (χ0n) is 13.9. The number of carbonyl (C=O) groups excluding carboxylic acids is 2. The Balaban J connectivity index is 0.00000338. The number of halogens is 1. The molecule has 138 valence electrons. The highest BCUT2D eigenvalue weighted by molar-refractivity contribution is 5.93. The number of hydrogen-bond donors (Lipinski definition) is 0. The van der Waals surface area contributed by atoms with E-state index in [9.17, 15) is 19.7 Å². The normalized spacial score (nSPS) is 9.73. The summed E-state index contributed by atoms with van der Waals surface area (Å²) in [5.74, 6) is -0.659. The van der Waals surface area contributed by atoms with E-state index in [2.05, 4.69) is 9.82 Å². The van der Waals surface area contributed by atoms with Crippen molar-refractivity contribution in [3.05, 3.63) is 75.1 Å². The first-order valence-corrected chi connectivity index (χ1v) is 7.42. The molecule has 0 fully saturated rings. The summed E-state index contributed by atoms with van der Waals surface area (Å²) in [4.78, 5) is 42.3. The summed E-state index contributed by atoms with van der Waals surface area (Å²) in [5, 5.41) is 9.41. The molecule has 0 aliphatic carbocycles. The van der Waals surface area contributed by atoms with Gasteiger partial charge in [-0.1, -0.05) is 24.3 Å². The number of nitrogens with zero attached hydrogens (tertiary/aromatic N) is 2. The second-order valence-electron chi connectivity index (χ2n) is 5.22. The van der Waals surface area contributed by atoms with Gasteiger partial charge in [0.2, 0.25) is 0 Å². The maximum Gasteiger partial charge on any atom is 0.338 e. The average molecular weight is 381 g/mol. The lowest BCUT2D eigenvalue weighted by molar-refractivity contribution is -0.763. The van der Waals surface area contributed by atoms with Gasteiger partial charge in [-0.05, 0) is 24.6 Å². The maximum absolute atomic E-state index is 12.3. The summed E-state index contributed by atoms with van der Waals surface area (Å²) in [6.07, 6.45) is 1.62. The van der Waals surface area contributed by atoms with E-state index in [1.807, 2.05) is 0 Å². The molecule has 9 heteroatoms. The third-order valence-corrected chi connectivity index (χ3v) is 3.33. The highest BCUT2D eigenvalue weighted by atomic mass is 35.5. The zero-order valence-corrected chi connectivity index (χ0v) is 14.7. The van der Waals surface area contributed by atoms with Crippen LogP contribution in [0, 0.1) is 10.1 Å². The smallest absolute Gasteiger partial charge is 0.338 e. The number of Topliss-reactive ketones (excluding diaryl/α,β-unsaturated/α-hetero) is 1. The van der Waals surface area contributed by atoms with Crippen molar-refractivity contribution < 1.29 is 24.3 Å². The van der Waals surface area contributed by atoms with Gasteiger partial charge in [-0.15, -0.1) is 22.5 Å². The molecule has 0 amide bonds. The van der Waals surface area contributed by atoms with Crippen molar-refractivity contribution >= 4 is 24.2 Å². The van der Waals surface area contributed by atoms with E-state index in [0.717, 1.165) is 0 Å². The number of ketones is 1. The van der Waals surface area contributed by atoms with Gasteiger partial charge in [0.1, 0.15) is 19.0 Å². The van der Waals surface area contributed by atoms with Crippen molar-refractivity contribution in [3.63, 3.8) is 0 Å². The number of carbonyl (C=O) groups is 2. The van der Waals surface area contributed by atoms with E-state index in [1.54, 1.807) is 36.4 Å². The number of ether oxygens (including phenoxy) is 1. The summed E-state index contributed by atoms with van der Waals surface area (Å²) in [6, 6.07) is 9.89. The van der Waals surface area contributed by atoms with Crippen LogP contribution in [0.3, 0.4) is 0 Å². The molecule has 1 aromatic heterocycles. The van der Waals surface area contributed by atoms with Crippen LogP contribution in [0.2, 0.25) is 0 Å². The minimum absolute atomic E-state index is 0. The van der Waals surface area contributed by atoms with Gasteiger partial charge in [-0.25, -0.2) is 4.79 Å². The van der Waals surface area contributed by atoms with Crippen LogP contribution in [0.1, 0.15) is 34.1 Å². The summed E-state index contributed by atoms with van der Waals surface area (Å²) in [6.45, 7) is 0.997. The van der Waals surface area contributed by atoms with E-state index < -0.39 is 11.1 Å². The Labute approximate surface area is 155 Å². The summed E-state index contributed by atoms with van der Waals surface area (Å²) < 4.78 is 5.25. The van der Waals surface area contributed by atoms with Gasteiger partial charge in [-0.2, -0.15) is 0 Å². The Kier molecular flexibility index (Phi) is 8.17. The first kappa shape index (κ1) is 21.0. The fraction of sp³-hybridized carbons (Fsp3) is 0.235. The molecule has 26 heavy (non-hydrogen) atoms. The minimum atomic E-state index is -0.902. The SMILES string of the molecule is CC(=O)Cc1ccccc1C(=O)OCc1ncccc1CO[N+](=O)[O-].Cl. The molecule has 0 bridgehead atoms. The molecule has 0 unspecified atom stereocenters. The van der Waals surface area contributed by atoms with E-state index >= 15 is 0 Å². The molecule has 0 aliphatic heterocycles. The Morgan fingerprint density at radius 1 is 1.12 bits per heavy atom. The van der Waals surface area contributed by atoms with Gasteiger partial charge >= 0.3 is 5.97 Å². The van der Waals surface area contributed by atoms with Crippen molar-refractivity contribution in [2.75, 3.05) is 0 Å². The minimum Gasteiger partial charge on any atom is -0.456 e. The molecule has 1 heterocycles. The fourth-order valence-corrected chi connectivity index (χ4v) is 2.21. The molecule has 8 nitrogen and oxygen atoms in total. The van der Waals surface area contributed by atoms with Crippen LogP contribution in [0.25, 0.3) is 0 Å². The van der Waals surface area contributed by atoms with Gasteiger partial charge in [0.15, 0.2) is 0 Å². The van der Waals surface area contributed by atoms with Crippen molar-refractivity contribution in [2.24, 2.45) is 0 Å². The molecule has 2 rings (SSSR count). The third-order valence-electron chi connectivity index (χ3n) is 3.33.